The van der Waals surface area contributed by atoms with Crippen LogP contribution in [0.3, 0.4) is 0 Å². The molecule has 13 nitrogen and oxygen atoms in total. The number of nitrogens with one attached hydrogen (secondary N) is 3. The smallest absolute Gasteiger partial charge is 0.303 e. The molecule has 2 unspecified atom stereocenters. The third kappa shape index (κ3) is 10.6. The number of Topliss-reactive ketones (excluding diaryl/α,β-unsaturated/α-hetero) is 1. The van der Waals surface area contributed by atoms with E-state index in [2.05, 4.69) is 36.1 Å². The molecule has 5 aromatic rings. The summed E-state index contributed by atoms with van der Waals surface area (Å²) in [4.78, 5) is 77.8. The Balaban J connectivity index is 1.38. The van der Waals surface area contributed by atoms with E-state index in [1.165, 1.54) is 13.8 Å². The van der Waals surface area contributed by atoms with E-state index in [4.69, 9.17) is 29.4 Å². The van der Waals surface area contributed by atoms with Gasteiger partial charge < -0.3 is 24.8 Å². The fourth-order valence-electron chi connectivity index (χ4n) is 8.08. The van der Waals surface area contributed by atoms with Gasteiger partial charge in [0, 0.05) is 37.3 Å². The van der Waals surface area contributed by atoms with Gasteiger partial charge in [0.05, 0.1) is 51.9 Å². The van der Waals surface area contributed by atoms with Crippen LogP contribution >= 0.6 is 0 Å². The van der Waals surface area contributed by atoms with Gasteiger partial charge >= 0.3 is 11.9 Å². The topological polar surface area (TPSA) is 182 Å². The summed E-state index contributed by atoms with van der Waals surface area (Å²) in [6, 6.07) is 11.2. The first-order valence-corrected chi connectivity index (χ1v) is 20.8. The van der Waals surface area contributed by atoms with Gasteiger partial charge in [-0.25, -0.2) is 9.97 Å². The highest BCUT2D eigenvalue weighted by molar-refractivity contribution is 5.90. The highest BCUT2D eigenvalue weighted by atomic mass is 16.6. The number of carbonyl (C=O) groups is 4. The summed E-state index contributed by atoms with van der Waals surface area (Å²) < 4.78 is 11.2. The number of benzene rings is 2. The molecule has 5 rings (SSSR count). The van der Waals surface area contributed by atoms with Crippen molar-refractivity contribution in [2.75, 3.05) is 0 Å². The Morgan fingerprint density at radius 2 is 1.10 bits per heavy atom. The summed E-state index contributed by atoms with van der Waals surface area (Å²) >= 11 is 0. The normalized spacial score (nSPS) is 15.4. The third-order valence-electron chi connectivity index (χ3n) is 10.8. The number of H-pyrrole nitrogens is 2. The zero-order valence-corrected chi connectivity index (χ0v) is 37.8. The Morgan fingerprint density at radius 1 is 0.650 bits per heavy atom. The molecule has 0 fully saturated rings. The number of aromatic nitrogens is 6. The number of aromatic amines is 2. The molecule has 0 radical (unpaired) electrons. The van der Waals surface area contributed by atoms with Gasteiger partial charge in [-0.15, -0.1) is 0 Å². The molecule has 2 aromatic carbocycles. The molecule has 0 aliphatic carbocycles. The largest absolute Gasteiger partial charge is 0.452 e. The molecule has 3 N–H and O–H groups in total. The Morgan fingerprint density at radius 3 is 1.53 bits per heavy atom. The van der Waals surface area contributed by atoms with Gasteiger partial charge in [0.2, 0.25) is 0 Å². The zero-order valence-electron chi connectivity index (χ0n) is 37.8. The van der Waals surface area contributed by atoms with E-state index in [0.717, 1.165) is 33.2 Å². The second kappa shape index (κ2) is 17.3. The number of imidazole rings is 2. The highest BCUT2D eigenvalue weighted by Gasteiger charge is 2.43. The second-order valence-corrected chi connectivity index (χ2v) is 19.7. The van der Waals surface area contributed by atoms with Crippen LogP contribution in [0.5, 0.6) is 0 Å². The van der Waals surface area contributed by atoms with E-state index >= 15 is 0 Å². The number of ether oxygens (including phenoxy) is 2. The summed E-state index contributed by atoms with van der Waals surface area (Å²) in [7, 11) is 0. The number of hydrogen-bond donors (Lipinski definition) is 3. The number of carbonyl (C=O) groups excluding carboxylic acids is 4. The number of fused-ring (bicyclic) bond motifs is 2. The number of hydrogen-bond acceptors (Lipinski definition) is 10. The fraction of sp³-hybridized carbons (Fsp3) is 0.532. The van der Waals surface area contributed by atoms with Crippen LogP contribution in [0.4, 0.5) is 0 Å². The third-order valence-corrected chi connectivity index (χ3v) is 10.8. The first kappa shape index (κ1) is 45.6. The minimum atomic E-state index is -1.33. The quantitative estimate of drug-likeness (QED) is 0.0860. The molecule has 0 saturated heterocycles. The van der Waals surface area contributed by atoms with Crippen LogP contribution in [0.15, 0.2) is 48.8 Å². The van der Waals surface area contributed by atoms with Crippen LogP contribution < -0.4 is 5.32 Å². The summed E-state index contributed by atoms with van der Waals surface area (Å²) in [5.41, 5.74) is 2.79. The van der Waals surface area contributed by atoms with Crippen molar-refractivity contribution < 1.29 is 28.7 Å². The summed E-state index contributed by atoms with van der Waals surface area (Å²) in [6.45, 7) is 26.3. The molecule has 4 atom stereocenters. The lowest BCUT2D eigenvalue weighted by Crippen LogP contribution is -2.51. The Kier molecular flexibility index (Phi) is 13.1. The van der Waals surface area contributed by atoms with Gasteiger partial charge in [-0.3, -0.25) is 29.1 Å². The Labute approximate surface area is 353 Å². The van der Waals surface area contributed by atoms with Gasteiger partial charge in [0.1, 0.15) is 11.6 Å². The molecule has 0 bridgehead atoms. The van der Waals surface area contributed by atoms with Crippen molar-refractivity contribution in [3.8, 4) is 22.5 Å². The summed E-state index contributed by atoms with van der Waals surface area (Å²) in [5.74, 6) is -0.200. The van der Waals surface area contributed by atoms with Crippen molar-refractivity contribution >= 4 is 45.7 Å². The molecule has 60 heavy (non-hydrogen) atoms. The van der Waals surface area contributed by atoms with Gasteiger partial charge in [0.25, 0.3) is 5.91 Å². The summed E-state index contributed by atoms with van der Waals surface area (Å²) in [6.07, 6.45) is 4.44. The maximum Gasteiger partial charge on any atom is 0.303 e. The van der Waals surface area contributed by atoms with Crippen molar-refractivity contribution in [1.82, 2.24) is 35.2 Å². The number of amides is 1. The van der Waals surface area contributed by atoms with Crippen LogP contribution in [0, 0.1) is 22.7 Å². The minimum Gasteiger partial charge on any atom is -0.452 e. The molecule has 3 heterocycles. The van der Waals surface area contributed by atoms with Crippen molar-refractivity contribution in [1.29, 1.82) is 0 Å². The number of esters is 2. The average Bonchev–Trinajstić information content (AvgIpc) is 3.73. The minimum absolute atomic E-state index is 0.119. The molecule has 0 aliphatic heterocycles. The maximum atomic E-state index is 13.8. The first-order chi connectivity index (χ1) is 27.8. The monoisotopic (exact) mass is 821 g/mol. The molecular weight excluding hydrogens is 759 g/mol. The molecule has 0 spiro atoms. The standard InChI is InChI=1S/C47H63N7O6/c1-26(2)22-46(13,59-28(5)55)39(57)21-32(44(7,8)9)41-50-33-17-15-30(19-35(33)52-41)37-24-49-38(25-48-37)31-16-18-34-36(20-31)53-42(51-34)40(45(10,11)12)54-43(58)47(14,23-27(3)4)60-29(6)56/h15-20,24-27,32,40H,21-23H2,1-14H3,(H,50,52)(H,51,53)(H,54,58)/t32-,40-,46?,47?/m0/s1. The van der Waals surface area contributed by atoms with Crippen molar-refractivity contribution in [3.63, 3.8) is 0 Å². The van der Waals surface area contributed by atoms with Crippen molar-refractivity contribution in [3.05, 3.63) is 60.4 Å². The van der Waals surface area contributed by atoms with Crippen LogP contribution in [0.1, 0.15) is 140 Å². The Hall–Kier alpha value is -5.46. The van der Waals surface area contributed by atoms with Gasteiger partial charge in [-0.2, -0.15) is 0 Å². The van der Waals surface area contributed by atoms with Crippen LogP contribution in [-0.2, 0) is 28.7 Å². The van der Waals surface area contributed by atoms with Gasteiger partial charge in [-0.05, 0) is 73.6 Å². The van der Waals surface area contributed by atoms with Crippen LogP contribution in [0.25, 0.3) is 44.6 Å². The molecule has 3 aromatic heterocycles. The lowest BCUT2D eigenvalue weighted by molar-refractivity contribution is -0.167. The molecule has 13 heteroatoms. The molecule has 322 valence electrons. The van der Waals surface area contributed by atoms with Crippen molar-refractivity contribution in [2.45, 2.75) is 139 Å². The summed E-state index contributed by atoms with van der Waals surface area (Å²) in [5, 5.41) is 3.13. The highest BCUT2D eigenvalue weighted by Crippen LogP contribution is 2.40. The maximum absolute atomic E-state index is 13.8. The predicted molar refractivity (Wildman–Crippen MR) is 234 cm³/mol. The second-order valence-electron chi connectivity index (χ2n) is 19.7. The van der Waals surface area contributed by atoms with E-state index in [1.807, 2.05) is 84.9 Å². The van der Waals surface area contributed by atoms with Gasteiger partial charge in [-0.1, -0.05) is 81.4 Å². The van der Waals surface area contributed by atoms with E-state index in [1.54, 1.807) is 26.2 Å². The zero-order chi connectivity index (χ0) is 44.5. The molecular formula is C47H63N7O6. The van der Waals surface area contributed by atoms with E-state index in [-0.39, 0.29) is 41.3 Å². The lowest BCUT2D eigenvalue weighted by atomic mass is 9.74. The lowest BCUT2D eigenvalue weighted by Gasteiger charge is -2.35. The van der Waals surface area contributed by atoms with E-state index < -0.39 is 34.6 Å². The SMILES string of the molecule is CC(=O)OC(C)(CC(C)C)C(=O)C[C@@H](c1nc2ccc(-c3cnc(-c4ccc5nc([C@H](NC(=O)C(C)(CC(C)C)OC(C)=O)C(C)(C)C)[nH]c5c4)cn3)cc2[nH]1)C(C)(C)C. The number of rotatable bonds is 15. The number of ketones is 1. The molecule has 1 amide bonds. The van der Waals surface area contributed by atoms with Gasteiger partial charge in [0.15, 0.2) is 17.0 Å². The molecule has 0 aliphatic rings. The molecule has 0 saturated carbocycles. The first-order valence-electron chi connectivity index (χ1n) is 20.8. The fourth-order valence-corrected chi connectivity index (χ4v) is 8.08. The van der Waals surface area contributed by atoms with E-state index in [0.29, 0.717) is 35.9 Å². The Bertz CT molecular complexity index is 2200. The van der Waals surface area contributed by atoms with E-state index in [9.17, 15) is 19.2 Å². The van der Waals surface area contributed by atoms with Crippen LogP contribution in [0.2, 0.25) is 0 Å². The average molecular weight is 822 g/mol. The predicted octanol–water partition coefficient (Wildman–Crippen LogP) is 9.59. The van der Waals surface area contributed by atoms with Crippen LogP contribution in [-0.4, -0.2) is 64.7 Å². The van der Waals surface area contributed by atoms with Crippen molar-refractivity contribution in [2.24, 2.45) is 22.7 Å². The number of nitrogens with zero attached hydrogens (tertiary/aromatic N) is 4.